The third-order valence-corrected chi connectivity index (χ3v) is 19.6. The van der Waals surface area contributed by atoms with Crippen molar-refractivity contribution in [1.82, 2.24) is 14.7 Å². The van der Waals surface area contributed by atoms with Gasteiger partial charge in [0.05, 0.1) is 106 Å². The second-order valence-corrected chi connectivity index (χ2v) is 25.6. The van der Waals surface area contributed by atoms with E-state index in [-0.39, 0.29) is 36.3 Å². The largest absolute Gasteiger partial charge is 0.361 e. The van der Waals surface area contributed by atoms with Crippen LogP contribution in [0.2, 0.25) is 15.1 Å². The number of benzene rings is 9. The van der Waals surface area contributed by atoms with Gasteiger partial charge in [0, 0.05) is 92.1 Å². The van der Waals surface area contributed by atoms with Gasteiger partial charge in [0.2, 0.25) is 0 Å². The molecule has 0 bridgehead atoms. The summed E-state index contributed by atoms with van der Waals surface area (Å²) < 4.78 is 0. The van der Waals surface area contributed by atoms with Crippen LogP contribution in [-0.4, -0.2) is 73.6 Å². The van der Waals surface area contributed by atoms with E-state index in [1.807, 2.05) is 164 Å². The highest BCUT2D eigenvalue weighted by atomic mass is 35.5. The molecule has 12 rings (SSSR count). The smallest absolute Gasteiger partial charge is 0.187 e. The van der Waals surface area contributed by atoms with Crippen molar-refractivity contribution in [3.63, 3.8) is 0 Å². The average molecular weight is 1360 g/mol. The summed E-state index contributed by atoms with van der Waals surface area (Å²) in [6, 6.07) is 76.5. The molecule has 486 valence electrons. The highest BCUT2D eigenvalue weighted by molar-refractivity contribution is 6.31. The number of rotatable bonds is 12. The Hall–Kier alpha value is -11.5. The van der Waals surface area contributed by atoms with Gasteiger partial charge in [-0.1, -0.05) is 144 Å². The molecular formula is C81H66Cl3N15. The molecule has 3 fully saturated rings. The van der Waals surface area contributed by atoms with E-state index in [1.165, 1.54) is 16.7 Å². The van der Waals surface area contributed by atoms with Gasteiger partial charge >= 0.3 is 0 Å². The maximum Gasteiger partial charge on any atom is 0.187 e. The summed E-state index contributed by atoms with van der Waals surface area (Å²) >= 11 is 18.5. The third-order valence-electron chi connectivity index (χ3n) is 18.8. The van der Waals surface area contributed by atoms with Gasteiger partial charge in [-0.2, -0.15) is 31.6 Å². The lowest BCUT2D eigenvalue weighted by molar-refractivity contribution is 0.171. The molecule has 18 heteroatoms. The monoisotopic (exact) mass is 1350 g/mol. The van der Waals surface area contributed by atoms with Crippen molar-refractivity contribution in [3.05, 3.63) is 316 Å². The van der Waals surface area contributed by atoms with Crippen molar-refractivity contribution in [2.75, 3.05) is 73.6 Å². The number of anilines is 3. The quantitative estimate of drug-likeness (QED) is 0.106. The van der Waals surface area contributed by atoms with Gasteiger partial charge in [-0.05, 0) is 145 Å². The van der Waals surface area contributed by atoms with Gasteiger partial charge in [-0.15, -0.1) is 0 Å². The van der Waals surface area contributed by atoms with Crippen LogP contribution in [0.15, 0.2) is 200 Å². The van der Waals surface area contributed by atoms with Crippen LogP contribution in [-0.2, 0) is 0 Å². The highest BCUT2D eigenvalue weighted by Crippen LogP contribution is 2.41. The minimum atomic E-state index is 0.0148. The Balaban J connectivity index is 0.000000161. The second kappa shape index (κ2) is 33.0. The molecule has 6 atom stereocenters. The van der Waals surface area contributed by atoms with E-state index in [0.717, 1.165) is 92.7 Å². The Morgan fingerprint density at radius 2 is 0.576 bits per heavy atom. The molecule has 0 N–H and O–H groups in total. The normalized spacial score (nSPS) is 16.9. The Kier molecular flexibility index (Phi) is 23.4. The van der Waals surface area contributed by atoms with Gasteiger partial charge in [0.1, 0.15) is 18.2 Å². The van der Waals surface area contributed by atoms with Crippen molar-refractivity contribution < 1.29 is 0 Å². The summed E-state index contributed by atoms with van der Waals surface area (Å²) in [5, 5.41) is 59.1. The van der Waals surface area contributed by atoms with Crippen LogP contribution in [0.5, 0.6) is 0 Å². The lowest BCUT2D eigenvalue weighted by atomic mass is 9.97. The first-order valence-corrected chi connectivity index (χ1v) is 33.3. The first-order valence-electron chi connectivity index (χ1n) is 32.1. The van der Waals surface area contributed by atoms with Crippen LogP contribution >= 0.6 is 34.8 Å². The number of piperazine rings is 3. The Labute approximate surface area is 594 Å². The van der Waals surface area contributed by atoms with Gasteiger partial charge in [0.25, 0.3) is 0 Å². The molecular weight excluding hydrogens is 1290 g/mol. The summed E-state index contributed by atoms with van der Waals surface area (Å²) in [6.07, 6.45) is 0. The molecule has 99 heavy (non-hydrogen) atoms. The molecule has 0 aliphatic carbocycles. The number of nitriles is 6. The van der Waals surface area contributed by atoms with Crippen molar-refractivity contribution in [2.24, 2.45) is 0 Å². The van der Waals surface area contributed by atoms with E-state index in [9.17, 15) is 31.6 Å². The van der Waals surface area contributed by atoms with Crippen LogP contribution in [0.4, 0.5) is 34.1 Å². The SMILES string of the molecule is [C-]#[N+]c1ccc(C(C)N2CCN(c3ccc(C#N)cc3C#N)[C@H](c3ccc(Cl)cc3)C2)cc1.[C-]#[N+]c1ccc([C@@H](C)N2CCN(c3ccc(C#N)cc3C#N)[C@H](c3ccc(Cl)cc3)C2)cc1.[C-]#[N+]c1ccc([C@H](C)N2CCN(c3ccc(C#N)cc3C#N)[C@H](c3ccc(Cl)cc3)C2)cc1. The first-order chi connectivity index (χ1) is 48.1. The van der Waals surface area contributed by atoms with E-state index < -0.39 is 0 Å². The molecule has 3 heterocycles. The zero-order chi connectivity index (χ0) is 70.1. The van der Waals surface area contributed by atoms with E-state index in [4.69, 9.17) is 54.5 Å². The fourth-order valence-electron chi connectivity index (χ4n) is 13.2. The van der Waals surface area contributed by atoms with Gasteiger partial charge in [-0.25, -0.2) is 14.5 Å². The zero-order valence-corrected chi connectivity index (χ0v) is 57.0. The Morgan fingerprint density at radius 1 is 0.333 bits per heavy atom. The van der Waals surface area contributed by atoms with Gasteiger partial charge in [0.15, 0.2) is 17.1 Å². The third kappa shape index (κ3) is 16.7. The van der Waals surface area contributed by atoms with Crippen LogP contribution < -0.4 is 14.7 Å². The minimum absolute atomic E-state index is 0.0148. The maximum atomic E-state index is 9.76. The van der Waals surface area contributed by atoms with Gasteiger partial charge in [-0.3, -0.25) is 14.7 Å². The average Bonchev–Trinajstić information content (AvgIpc) is 0.797. The molecule has 1 unspecified atom stereocenters. The topological polar surface area (TPSA) is 175 Å². The van der Waals surface area contributed by atoms with E-state index >= 15 is 0 Å². The molecule has 0 spiro atoms. The molecule has 0 aromatic heterocycles. The summed E-state index contributed by atoms with van der Waals surface area (Å²) in [7, 11) is 0. The molecule has 0 radical (unpaired) electrons. The molecule has 3 aliphatic heterocycles. The minimum Gasteiger partial charge on any atom is -0.361 e. The summed E-state index contributed by atoms with van der Waals surface area (Å²) in [6.45, 7) is 35.0. The van der Waals surface area contributed by atoms with Crippen LogP contribution in [0.1, 0.15) is 124 Å². The molecule has 9 aromatic carbocycles. The summed E-state index contributed by atoms with van der Waals surface area (Å²) in [5.41, 5.74) is 14.2. The number of halogens is 3. The lowest BCUT2D eigenvalue weighted by Gasteiger charge is -2.45. The fraction of sp³-hybridized carbons (Fsp3) is 0.222. The molecule has 0 saturated carbocycles. The van der Waals surface area contributed by atoms with E-state index in [0.29, 0.717) is 65.5 Å². The molecule has 3 saturated heterocycles. The lowest BCUT2D eigenvalue weighted by Crippen LogP contribution is -2.49. The second-order valence-electron chi connectivity index (χ2n) is 24.3. The predicted molar refractivity (Wildman–Crippen MR) is 390 cm³/mol. The van der Waals surface area contributed by atoms with Crippen molar-refractivity contribution in [1.29, 1.82) is 31.6 Å². The number of hydrogen-bond acceptors (Lipinski definition) is 12. The van der Waals surface area contributed by atoms with Crippen LogP contribution in [0, 0.1) is 87.7 Å². The maximum absolute atomic E-state index is 9.76. The fourth-order valence-corrected chi connectivity index (χ4v) is 13.6. The van der Waals surface area contributed by atoms with Crippen molar-refractivity contribution >= 4 is 68.9 Å². The van der Waals surface area contributed by atoms with Crippen molar-refractivity contribution in [3.8, 4) is 36.4 Å². The number of hydrogen-bond donors (Lipinski definition) is 0. The first kappa shape index (κ1) is 70.3. The van der Waals surface area contributed by atoms with E-state index in [1.54, 1.807) is 36.4 Å². The Bertz CT molecular complexity index is 4270. The summed E-state index contributed by atoms with van der Waals surface area (Å²) in [4.78, 5) is 24.5. The standard InChI is InChI=1S/3C27H22ClN5/c3*1-19(21-6-10-25(31-2)11-7-21)32-13-14-33(26-12-3-20(16-29)15-23(26)17-30)27(18-32)22-4-8-24(28)9-5-22/h3*3-12,15,19,27H,13-14,18H2,1H3/t19?,27-;19-,27+;19-,27-/m010/s1. The summed E-state index contributed by atoms with van der Waals surface area (Å²) in [5.74, 6) is 0. The number of nitrogens with zero attached hydrogens (tertiary/aromatic N) is 15. The molecule has 0 amide bonds. The van der Waals surface area contributed by atoms with Gasteiger partial charge < -0.3 is 14.7 Å². The molecule has 15 nitrogen and oxygen atoms in total. The van der Waals surface area contributed by atoms with Crippen LogP contribution in [0.25, 0.3) is 14.5 Å². The highest BCUT2D eigenvalue weighted by Gasteiger charge is 2.36. The zero-order valence-electron chi connectivity index (χ0n) is 54.7. The molecule has 9 aromatic rings. The predicted octanol–water partition coefficient (Wildman–Crippen LogP) is 18.8. The van der Waals surface area contributed by atoms with E-state index in [2.05, 4.69) is 101 Å². The van der Waals surface area contributed by atoms with Crippen molar-refractivity contribution in [2.45, 2.75) is 57.0 Å². The Morgan fingerprint density at radius 3 is 0.788 bits per heavy atom. The van der Waals surface area contributed by atoms with Crippen LogP contribution in [0.3, 0.4) is 0 Å². The molecule has 3 aliphatic rings.